The fourth-order valence-electron chi connectivity index (χ4n) is 1.68. The second-order valence-electron chi connectivity index (χ2n) is 4.25. The summed E-state index contributed by atoms with van der Waals surface area (Å²) in [6, 6.07) is 18.6. The average Bonchev–Trinajstić information content (AvgIpc) is 2.45. The summed E-state index contributed by atoms with van der Waals surface area (Å²) in [5.41, 5.74) is 0.975. The minimum Gasteiger partial charge on any atom is -0.389 e. The highest BCUT2D eigenvalue weighted by atomic mass is 32.2. The molecule has 0 aliphatic rings. The van der Waals surface area contributed by atoms with Crippen LogP contribution >= 0.6 is 23.5 Å². The number of benzene rings is 2. The molecule has 0 aromatic heterocycles. The van der Waals surface area contributed by atoms with E-state index in [1.54, 1.807) is 6.92 Å². The predicted molar refractivity (Wildman–Crippen MR) is 85.0 cm³/mol. The van der Waals surface area contributed by atoms with Crippen molar-refractivity contribution in [2.24, 2.45) is 0 Å². The minimum absolute atomic E-state index is 0.382. The van der Waals surface area contributed by atoms with Gasteiger partial charge in [-0.1, -0.05) is 30.3 Å². The van der Waals surface area contributed by atoms with E-state index in [4.69, 9.17) is 0 Å². The molecule has 19 heavy (non-hydrogen) atoms. The van der Waals surface area contributed by atoms with Crippen LogP contribution in [-0.4, -0.2) is 16.6 Å². The molecule has 1 unspecified atom stereocenters. The van der Waals surface area contributed by atoms with Gasteiger partial charge in [-0.15, -0.1) is 23.5 Å². The van der Waals surface area contributed by atoms with E-state index in [-0.39, 0.29) is 6.10 Å². The molecule has 0 bridgehead atoms. The van der Waals surface area contributed by atoms with E-state index in [1.165, 1.54) is 9.79 Å². The Kier molecular flexibility index (Phi) is 5.83. The van der Waals surface area contributed by atoms with Crippen LogP contribution in [0.5, 0.6) is 0 Å². The van der Waals surface area contributed by atoms with Crippen LogP contribution in [0.4, 0.5) is 0 Å². The first kappa shape index (κ1) is 14.5. The molecule has 0 fully saturated rings. The van der Waals surface area contributed by atoms with Gasteiger partial charge >= 0.3 is 0 Å². The first-order valence-corrected chi connectivity index (χ1v) is 8.31. The summed E-state index contributed by atoms with van der Waals surface area (Å²) in [6.45, 7) is 1.79. The van der Waals surface area contributed by atoms with Crippen molar-refractivity contribution in [1.29, 1.82) is 0 Å². The second-order valence-corrected chi connectivity index (χ2v) is 6.59. The van der Waals surface area contributed by atoms with E-state index in [1.807, 2.05) is 41.7 Å². The molecule has 0 amide bonds. The zero-order valence-corrected chi connectivity index (χ0v) is 12.6. The Morgan fingerprint density at radius 3 is 1.89 bits per heavy atom. The van der Waals surface area contributed by atoms with Gasteiger partial charge in [-0.2, -0.15) is 0 Å². The van der Waals surface area contributed by atoms with Gasteiger partial charge in [0.25, 0.3) is 0 Å². The summed E-state index contributed by atoms with van der Waals surface area (Å²) < 4.78 is 0. The van der Waals surface area contributed by atoms with Crippen molar-refractivity contribution in [3.63, 3.8) is 0 Å². The van der Waals surface area contributed by atoms with E-state index in [2.05, 4.69) is 36.4 Å². The molecule has 0 aliphatic carbocycles. The molecule has 1 atom stereocenters. The maximum atomic E-state index is 9.44. The zero-order valence-electron chi connectivity index (χ0n) is 11.0. The SMILES string of the molecule is CC(O)c1ccc(SCCSc2ccccc2)cc1. The van der Waals surface area contributed by atoms with E-state index in [0.29, 0.717) is 0 Å². The van der Waals surface area contributed by atoms with Gasteiger partial charge in [0, 0.05) is 21.3 Å². The lowest BCUT2D eigenvalue weighted by Gasteiger charge is -2.06. The molecule has 1 N–H and O–H groups in total. The second kappa shape index (κ2) is 7.63. The maximum absolute atomic E-state index is 9.44. The summed E-state index contributed by atoms with van der Waals surface area (Å²) in [6.07, 6.45) is -0.382. The minimum atomic E-state index is -0.382. The number of aliphatic hydroxyl groups is 1. The van der Waals surface area contributed by atoms with Crippen molar-refractivity contribution in [3.05, 3.63) is 60.2 Å². The molecule has 100 valence electrons. The van der Waals surface area contributed by atoms with Crippen molar-refractivity contribution in [1.82, 2.24) is 0 Å². The molecule has 0 aliphatic heterocycles. The third-order valence-corrected chi connectivity index (χ3v) is 5.01. The smallest absolute Gasteiger partial charge is 0.0761 e. The molecule has 2 aromatic carbocycles. The largest absolute Gasteiger partial charge is 0.389 e. The average molecular weight is 290 g/mol. The van der Waals surface area contributed by atoms with Crippen LogP contribution in [0.3, 0.4) is 0 Å². The molecule has 0 saturated carbocycles. The Labute approximate surface area is 123 Å². The van der Waals surface area contributed by atoms with Gasteiger partial charge in [-0.25, -0.2) is 0 Å². The molecular weight excluding hydrogens is 272 g/mol. The third-order valence-electron chi connectivity index (χ3n) is 2.73. The molecule has 3 heteroatoms. The topological polar surface area (TPSA) is 20.2 Å². The number of hydrogen-bond acceptors (Lipinski definition) is 3. The molecule has 2 aromatic rings. The quantitative estimate of drug-likeness (QED) is 0.619. The van der Waals surface area contributed by atoms with Gasteiger partial charge in [0.05, 0.1) is 6.10 Å². The van der Waals surface area contributed by atoms with Crippen molar-refractivity contribution in [2.75, 3.05) is 11.5 Å². The molecule has 2 rings (SSSR count). The molecule has 0 radical (unpaired) electrons. The van der Waals surface area contributed by atoms with Crippen molar-refractivity contribution >= 4 is 23.5 Å². The molecule has 0 spiro atoms. The monoisotopic (exact) mass is 290 g/mol. The van der Waals surface area contributed by atoms with Gasteiger partial charge in [0.1, 0.15) is 0 Å². The predicted octanol–water partition coefficient (Wildman–Crippen LogP) is 4.62. The Hall–Kier alpha value is -0.900. The maximum Gasteiger partial charge on any atom is 0.0761 e. The van der Waals surface area contributed by atoms with Gasteiger partial charge in [0.2, 0.25) is 0 Å². The number of thioether (sulfide) groups is 2. The normalized spacial score (nSPS) is 12.3. The summed E-state index contributed by atoms with van der Waals surface area (Å²) in [5.74, 6) is 2.19. The number of aliphatic hydroxyl groups excluding tert-OH is 1. The van der Waals surface area contributed by atoms with E-state index in [9.17, 15) is 5.11 Å². The van der Waals surface area contributed by atoms with Crippen LogP contribution in [-0.2, 0) is 0 Å². The summed E-state index contributed by atoms with van der Waals surface area (Å²) >= 11 is 3.74. The van der Waals surface area contributed by atoms with Gasteiger partial charge < -0.3 is 5.11 Å². The van der Waals surface area contributed by atoms with Gasteiger partial charge in [-0.3, -0.25) is 0 Å². The van der Waals surface area contributed by atoms with Crippen LogP contribution in [0.15, 0.2) is 64.4 Å². The van der Waals surface area contributed by atoms with E-state index in [0.717, 1.165) is 17.1 Å². The lowest BCUT2D eigenvalue weighted by atomic mass is 10.1. The van der Waals surface area contributed by atoms with Crippen LogP contribution in [0.2, 0.25) is 0 Å². The Bertz CT molecular complexity index is 480. The Morgan fingerprint density at radius 1 is 0.842 bits per heavy atom. The van der Waals surface area contributed by atoms with Crippen LogP contribution in [0, 0.1) is 0 Å². The number of rotatable bonds is 6. The lowest BCUT2D eigenvalue weighted by molar-refractivity contribution is 0.199. The van der Waals surface area contributed by atoms with Crippen molar-refractivity contribution in [3.8, 4) is 0 Å². The molecule has 0 heterocycles. The molecule has 1 nitrogen and oxygen atoms in total. The highest BCUT2D eigenvalue weighted by Gasteiger charge is 2.00. The first-order chi connectivity index (χ1) is 9.25. The Morgan fingerprint density at radius 2 is 1.37 bits per heavy atom. The number of hydrogen-bond donors (Lipinski definition) is 1. The van der Waals surface area contributed by atoms with Crippen LogP contribution < -0.4 is 0 Å². The van der Waals surface area contributed by atoms with Gasteiger partial charge in [-0.05, 0) is 36.8 Å². The van der Waals surface area contributed by atoms with E-state index >= 15 is 0 Å². The standard InChI is InChI=1S/C16H18OS2/c1-13(17)14-7-9-16(10-8-14)19-12-11-18-15-5-3-2-4-6-15/h2-10,13,17H,11-12H2,1H3. The summed E-state index contributed by atoms with van der Waals surface area (Å²) in [5, 5.41) is 9.44. The zero-order chi connectivity index (χ0) is 13.5. The molecular formula is C16H18OS2. The first-order valence-electron chi connectivity index (χ1n) is 6.34. The lowest BCUT2D eigenvalue weighted by Crippen LogP contribution is -1.90. The van der Waals surface area contributed by atoms with Crippen molar-refractivity contribution < 1.29 is 5.11 Å². The summed E-state index contributed by atoms with van der Waals surface area (Å²) in [7, 11) is 0. The summed E-state index contributed by atoms with van der Waals surface area (Å²) in [4.78, 5) is 2.59. The van der Waals surface area contributed by atoms with Crippen molar-refractivity contribution in [2.45, 2.75) is 22.8 Å². The fraction of sp³-hybridized carbons (Fsp3) is 0.250. The van der Waals surface area contributed by atoms with E-state index < -0.39 is 0 Å². The highest BCUT2D eigenvalue weighted by molar-refractivity contribution is 8.03. The van der Waals surface area contributed by atoms with Crippen LogP contribution in [0.1, 0.15) is 18.6 Å². The third kappa shape index (κ3) is 4.94. The Balaban J connectivity index is 1.74. The van der Waals surface area contributed by atoms with Gasteiger partial charge in [0.15, 0.2) is 0 Å². The van der Waals surface area contributed by atoms with Crippen LogP contribution in [0.25, 0.3) is 0 Å². The highest BCUT2D eigenvalue weighted by Crippen LogP contribution is 2.24. The molecule has 0 saturated heterocycles. The fourth-order valence-corrected chi connectivity index (χ4v) is 3.49.